The molecule has 17 heavy (non-hydrogen) atoms. The Morgan fingerprint density at radius 2 is 1.94 bits per heavy atom. The molecule has 0 bridgehead atoms. The maximum absolute atomic E-state index is 8.86. The summed E-state index contributed by atoms with van der Waals surface area (Å²) in [4.78, 5) is 2.11. The first kappa shape index (κ1) is 13.3. The molecule has 0 N–H and O–H groups in total. The Morgan fingerprint density at radius 3 is 2.53 bits per heavy atom. The van der Waals surface area contributed by atoms with Gasteiger partial charge in [0.25, 0.3) is 0 Å². The molecule has 0 amide bonds. The van der Waals surface area contributed by atoms with E-state index in [9.17, 15) is 0 Å². The van der Waals surface area contributed by atoms with Crippen molar-refractivity contribution < 1.29 is 9.47 Å². The summed E-state index contributed by atoms with van der Waals surface area (Å²) < 4.78 is 10.7. The lowest BCUT2D eigenvalue weighted by molar-refractivity contribution is 0.280. The highest BCUT2D eigenvalue weighted by molar-refractivity contribution is 5.43. The third-order valence-electron chi connectivity index (χ3n) is 2.26. The van der Waals surface area contributed by atoms with E-state index in [1.807, 2.05) is 14.1 Å². The van der Waals surface area contributed by atoms with E-state index in [4.69, 9.17) is 14.7 Å². The summed E-state index contributed by atoms with van der Waals surface area (Å²) >= 11 is 0. The molecule has 4 nitrogen and oxygen atoms in total. The first-order chi connectivity index (χ1) is 8.15. The van der Waals surface area contributed by atoms with Crippen LogP contribution in [0.15, 0.2) is 18.2 Å². The van der Waals surface area contributed by atoms with Crippen molar-refractivity contribution in [2.45, 2.75) is 6.42 Å². The molecule has 0 saturated heterocycles. The molecule has 0 aliphatic heterocycles. The predicted molar refractivity (Wildman–Crippen MR) is 66.4 cm³/mol. The van der Waals surface area contributed by atoms with Crippen molar-refractivity contribution in [3.8, 4) is 17.6 Å². The molecule has 1 rings (SSSR count). The quantitative estimate of drug-likeness (QED) is 0.705. The number of hydrogen-bond acceptors (Lipinski definition) is 4. The first-order valence-corrected chi connectivity index (χ1v) is 5.52. The average molecular weight is 234 g/mol. The number of methoxy groups -OCH3 is 1. The topological polar surface area (TPSA) is 45.5 Å². The van der Waals surface area contributed by atoms with Crippen molar-refractivity contribution in [1.82, 2.24) is 4.90 Å². The summed E-state index contributed by atoms with van der Waals surface area (Å²) in [5, 5.41) is 8.86. The first-order valence-electron chi connectivity index (χ1n) is 5.52. The minimum absolute atomic E-state index is 0.548. The Hall–Kier alpha value is -1.73. The Labute approximate surface area is 102 Å². The summed E-state index contributed by atoms with van der Waals surface area (Å²) in [6.07, 6.45) is 0.950. The Kier molecular flexibility index (Phi) is 5.31. The van der Waals surface area contributed by atoms with E-state index in [2.05, 4.69) is 11.0 Å². The van der Waals surface area contributed by atoms with Crippen molar-refractivity contribution in [3.05, 3.63) is 23.8 Å². The van der Waals surface area contributed by atoms with Gasteiger partial charge in [0.2, 0.25) is 0 Å². The van der Waals surface area contributed by atoms with Crippen molar-refractivity contribution in [3.63, 3.8) is 0 Å². The molecular weight excluding hydrogens is 216 g/mol. The van der Waals surface area contributed by atoms with Crippen molar-refractivity contribution in [2.24, 2.45) is 0 Å². The lowest BCUT2D eigenvalue weighted by Gasteiger charge is -2.11. The van der Waals surface area contributed by atoms with Crippen LogP contribution in [-0.4, -0.2) is 39.3 Å². The molecule has 4 heteroatoms. The van der Waals surface area contributed by atoms with Gasteiger partial charge in [0, 0.05) is 12.6 Å². The number of benzene rings is 1. The van der Waals surface area contributed by atoms with E-state index in [1.54, 1.807) is 25.3 Å². The summed E-state index contributed by atoms with van der Waals surface area (Å²) in [5.74, 6) is 1.33. The van der Waals surface area contributed by atoms with Crippen molar-refractivity contribution >= 4 is 0 Å². The summed E-state index contributed by atoms with van der Waals surface area (Å²) in [5.41, 5.74) is 0.548. The number of nitrogens with zero attached hydrogens (tertiary/aromatic N) is 2. The second kappa shape index (κ2) is 6.77. The van der Waals surface area contributed by atoms with Gasteiger partial charge in [-0.1, -0.05) is 0 Å². The summed E-state index contributed by atoms with van der Waals surface area (Å²) in [7, 11) is 5.63. The predicted octanol–water partition coefficient (Wildman–Crippen LogP) is 1.90. The van der Waals surface area contributed by atoms with Gasteiger partial charge in [-0.05, 0) is 32.6 Å². The average Bonchev–Trinajstić information content (AvgIpc) is 2.34. The molecule has 0 heterocycles. The third kappa shape index (κ3) is 4.75. The van der Waals surface area contributed by atoms with Crippen LogP contribution in [0.3, 0.4) is 0 Å². The van der Waals surface area contributed by atoms with Gasteiger partial charge in [-0.15, -0.1) is 0 Å². The monoisotopic (exact) mass is 234 g/mol. The molecule has 0 saturated carbocycles. The summed E-state index contributed by atoms with van der Waals surface area (Å²) in [6.45, 7) is 1.62. The largest absolute Gasteiger partial charge is 0.497 e. The molecule has 0 unspecified atom stereocenters. The zero-order valence-electron chi connectivity index (χ0n) is 10.6. The van der Waals surface area contributed by atoms with E-state index in [0.717, 1.165) is 13.0 Å². The van der Waals surface area contributed by atoms with Crippen LogP contribution in [0.1, 0.15) is 12.0 Å². The third-order valence-corrected chi connectivity index (χ3v) is 2.26. The van der Waals surface area contributed by atoms with E-state index in [1.165, 1.54) is 0 Å². The van der Waals surface area contributed by atoms with E-state index in [0.29, 0.717) is 23.7 Å². The smallest absolute Gasteiger partial charge is 0.124 e. The van der Waals surface area contributed by atoms with Crippen LogP contribution >= 0.6 is 0 Å². The Bertz CT molecular complexity index is 397. The van der Waals surface area contributed by atoms with Crippen LogP contribution in [0.25, 0.3) is 0 Å². The molecule has 0 atom stereocenters. The zero-order chi connectivity index (χ0) is 12.7. The van der Waals surface area contributed by atoms with E-state index in [-0.39, 0.29) is 0 Å². The molecule has 92 valence electrons. The summed E-state index contributed by atoms with van der Waals surface area (Å²) in [6, 6.07) is 7.28. The minimum Gasteiger partial charge on any atom is -0.497 e. The highest BCUT2D eigenvalue weighted by atomic mass is 16.5. The van der Waals surface area contributed by atoms with Gasteiger partial charge in [-0.25, -0.2) is 0 Å². The fourth-order valence-corrected chi connectivity index (χ4v) is 1.41. The fourth-order valence-electron chi connectivity index (χ4n) is 1.41. The minimum atomic E-state index is 0.548. The van der Waals surface area contributed by atoms with E-state index < -0.39 is 0 Å². The van der Waals surface area contributed by atoms with Crippen LogP contribution in [0, 0.1) is 11.3 Å². The van der Waals surface area contributed by atoms with Gasteiger partial charge in [-0.3, -0.25) is 0 Å². The molecule has 0 aliphatic carbocycles. The van der Waals surface area contributed by atoms with Gasteiger partial charge >= 0.3 is 0 Å². The standard InChI is InChI=1S/C13H18N2O2/c1-15(2)5-4-6-17-13-8-11(10-14)7-12(9-13)16-3/h7-9H,4-6H2,1-3H3. The molecule has 0 aliphatic rings. The number of nitriles is 1. The van der Waals surface area contributed by atoms with Crippen LogP contribution < -0.4 is 9.47 Å². The number of ether oxygens (including phenoxy) is 2. The molecule has 0 aromatic heterocycles. The fraction of sp³-hybridized carbons (Fsp3) is 0.462. The molecule has 1 aromatic carbocycles. The second-order valence-corrected chi connectivity index (χ2v) is 4.01. The molecule has 0 radical (unpaired) electrons. The van der Waals surface area contributed by atoms with Crippen molar-refractivity contribution in [2.75, 3.05) is 34.4 Å². The van der Waals surface area contributed by atoms with E-state index >= 15 is 0 Å². The van der Waals surface area contributed by atoms with Gasteiger partial charge in [0.15, 0.2) is 0 Å². The highest BCUT2D eigenvalue weighted by Crippen LogP contribution is 2.22. The van der Waals surface area contributed by atoms with Crippen LogP contribution in [0.5, 0.6) is 11.5 Å². The van der Waals surface area contributed by atoms with Gasteiger partial charge in [0.1, 0.15) is 11.5 Å². The molecule has 0 spiro atoms. The second-order valence-electron chi connectivity index (χ2n) is 4.01. The van der Waals surface area contributed by atoms with Gasteiger partial charge in [0.05, 0.1) is 25.3 Å². The number of hydrogen-bond donors (Lipinski definition) is 0. The molecule has 1 aromatic rings. The number of rotatable bonds is 6. The lowest BCUT2D eigenvalue weighted by atomic mass is 10.2. The van der Waals surface area contributed by atoms with Crippen LogP contribution in [0.2, 0.25) is 0 Å². The van der Waals surface area contributed by atoms with Crippen LogP contribution in [-0.2, 0) is 0 Å². The normalized spacial score (nSPS) is 10.1. The maximum atomic E-state index is 8.86. The van der Waals surface area contributed by atoms with Gasteiger partial charge in [-0.2, -0.15) is 5.26 Å². The van der Waals surface area contributed by atoms with Crippen molar-refractivity contribution in [1.29, 1.82) is 5.26 Å². The Balaban J connectivity index is 2.55. The maximum Gasteiger partial charge on any atom is 0.124 e. The van der Waals surface area contributed by atoms with Crippen LogP contribution in [0.4, 0.5) is 0 Å². The zero-order valence-corrected chi connectivity index (χ0v) is 10.6. The molecule has 0 fully saturated rings. The highest BCUT2D eigenvalue weighted by Gasteiger charge is 2.02. The lowest BCUT2D eigenvalue weighted by Crippen LogP contribution is -2.15. The molecular formula is C13H18N2O2. The van der Waals surface area contributed by atoms with Gasteiger partial charge < -0.3 is 14.4 Å². The SMILES string of the molecule is COc1cc(C#N)cc(OCCCN(C)C)c1. The Morgan fingerprint density at radius 1 is 1.24 bits per heavy atom.